The van der Waals surface area contributed by atoms with E-state index in [0.717, 1.165) is 54.4 Å². The molecule has 4 heterocycles. The highest BCUT2D eigenvalue weighted by Crippen LogP contribution is 2.35. The van der Waals surface area contributed by atoms with E-state index in [1.54, 1.807) is 0 Å². The first-order valence-electron chi connectivity index (χ1n) is 9.40. The maximum Gasteiger partial charge on any atom is 0.225 e. The van der Waals surface area contributed by atoms with E-state index in [-0.39, 0.29) is 0 Å². The second-order valence-electron chi connectivity index (χ2n) is 7.47. The van der Waals surface area contributed by atoms with Gasteiger partial charge < -0.3 is 9.80 Å². The molecule has 2 aliphatic rings. The fraction of sp³-hybridized carbons (Fsp3) is 0.400. The third-order valence-electron chi connectivity index (χ3n) is 5.70. The molecule has 2 atom stereocenters. The Morgan fingerprint density at radius 1 is 1.00 bits per heavy atom. The van der Waals surface area contributed by atoms with Crippen LogP contribution < -0.4 is 9.80 Å². The Morgan fingerprint density at radius 3 is 2.67 bits per heavy atom. The van der Waals surface area contributed by atoms with Crippen molar-refractivity contribution in [2.45, 2.75) is 25.8 Å². The van der Waals surface area contributed by atoms with Gasteiger partial charge in [-0.1, -0.05) is 11.6 Å². The van der Waals surface area contributed by atoms with Crippen LogP contribution in [0.4, 0.5) is 11.8 Å². The predicted molar refractivity (Wildman–Crippen MR) is 107 cm³/mol. The molecule has 0 saturated carbocycles. The molecule has 0 N–H and O–H groups in total. The predicted octanol–water partition coefficient (Wildman–Crippen LogP) is 3.49. The number of piperidine rings is 1. The van der Waals surface area contributed by atoms with Crippen molar-refractivity contribution >= 4 is 34.4 Å². The Kier molecular flexibility index (Phi) is 4.08. The first-order valence-corrected chi connectivity index (χ1v) is 9.78. The van der Waals surface area contributed by atoms with Crippen LogP contribution in [0.2, 0.25) is 5.02 Å². The summed E-state index contributed by atoms with van der Waals surface area (Å²) >= 11 is 6.06. The largest absolute Gasteiger partial charge is 0.353 e. The van der Waals surface area contributed by atoms with E-state index in [9.17, 15) is 0 Å². The van der Waals surface area contributed by atoms with Crippen LogP contribution in [0.25, 0.3) is 11.0 Å². The Bertz CT molecular complexity index is 976. The first-order chi connectivity index (χ1) is 13.2. The highest BCUT2D eigenvalue weighted by atomic mass is 35.5. The van der Waals surface area contributed by atoms with Crippen LogP contribution in [0.3, 0.4) is 0 Å². The SMILES string of the molecule is Cc1cnc(N2CCC3CCN(c4cnc5cc(Cl)ccc5n4)CC32)nc1. The lowest BCUT2D eigenvalue weighted by molar-refractivity contribution is 0.387. The molecule has 2 aliphatic heterocycles. The van der Waals surface area contributed by atoms with Gasteiger partial charge in [-0.15, -0.1) is 0 Å². The second-order valence-corrected chi connectivity index (χ2v) is 7.90. The topological polar surface area (TPSA) is 58.0 Å². The molecule has 2 saturated heterocycles. The van der Waals surface area contributed by atoms with Crippen molar-refractivity contribution in [2.24, 2.45) is 5.92 Å². The molecule has 0 radical (unpaired) electrons. The monoisotopic (exact) mass is 380 g/mol. The summed E-state index contributed by atoms with van der Waals surface area (Å²) in [4.78, 5) is 23.2. The Labute approximate surface area is 163 Å². The summed E-state index contributed by atoms with van der Waals surface area (Å²) in [6.45, 7) is 4.98. The van der Waals surface area contributed by atoms with Crippen molar-refractivity contribution in [2.75, 3.05) is 29.4 Å². The second kappa shape index (κ2) is 6.60. The van der Waals surface area contributed by atoms with Gasteiger partial charge in [0.15, 0.2) is 0 Å². The van der Waals surface area contributed by atoms with Crippen molar-refractivity contribution in [3.63, 3.8) is 0 Å². The third-order valence-corrected chi connectivity index (χ3v) is 5.94. The van der Waals surface area contributed by atoms with Crippen molar-refractivity contribution in [1.82, 2.24) is 19.9 Å². The lowest BCUT2D eigenvalue weighted by Gasteiger charge is -2.38. The maximum atomic E-state index is 6.06. The fourth-order valence-electron chi connectivity index (χ4n) is 4.26. The fourth-order valence-corrected chi connectivity index (χ4v) is 4.42. The molecule has 138 valence electrons. The van der Waals surface area contributed by atoms with Gasteiger partial charge in [0.05, 0.1) is 23.3 Å². The Hall–Kier alpha value is -2.47. The standard InChI is InChI=1S/C20H21ClN6/c1-13-9-23-20(24-10-13)27-7-5-14-4-6-26(12-18(14)27)19-11-22-17-8-15(21)2-3-16(17)25-19/h2-3,8-11,14,18H,4-7,12H2,1H3. The number of hydrogen-bond donors (Lipinski definition) is 0. The lowest BCUT2D eigenvalue weighted by atomic mass is 9.92. The summed E-state index contributed by atoms with van der Waals surface area (Å²) < 4.78 is 0. The number of benzene rings is 1. The number of aryl methyl sites for hydroxylation is 1. The molecule has 2 aromatic heterocycles. The quantitative estimate of drug-likeness (QED) is 0.678. The molecular weight excluding hydrogens is 360 g/mol. The smallest absolute Gasteiger partial charge is 0.225 e. The van der Waals surface area contributed by atoms with Gasteiger partial charge in [-0.3, -0.25) is 4.98 Å². The molecule has 0 amide bonds. The molecule has 2 unspecified atom stereocenters. The minimum Gasteiger partial charge on any atom is -0.353 e. The number of rotatable bonds is 2. The normalized spacial score (nSPS) is 22.3. The summed E-state index contributed by atoms with van der Waals surface area (Å²) in [5.74, 6) is 2.47. The number of fused-ring (bicyclic) bond motifs is 2. The minimum absolute atomic E-state index is 0.421. The molecule has 7 heteroatoms. The minimum atomic E-state index is 0.421. The van der Waals surface area contributed by atoms with Gasteiger partial charge in [0.2, 0.25) is 5.95 Å². The van der Waals surface area contributed by atoms with E-state index >= 15 is 0 Å². The van der Waals surface area contributed by atoms with E-state index in [1.807, 2.05) is 43.7 Å². The number of nitrogens with zero attached hydrogens (tertiary/aromatic N) is 6. The van der Waals surface area contributed by atoms with Crippen molar-refractivity contribution in [3.8, 4) is 0 Å². The molecule has 0 bridgehead atoms. The van der Waals surface area contributed by atoms with Crippen molar-refractivity contribution in [3.05, 3.63) is 47.4 Å². The van der Waals surface area contributed by atoms with Crippen molar-refractivity contribution in [1.29, 1.82) is 0 Å². The molecule has 6 nitrogen and oxygen atoms in total. The summed E-state index contributed by atoms with van der Waals surface area (Å²) in [7, 11) is 0. The van der Waals surface area contributed by atoms with Gasteiger partial charge in [0.1, 0.15) is 5.82 Å². The molecular formula is C20H21ClN6. The van der Waals surface area contributed by atoms with Crippen LogP contribution in [0.1, 0.15) is 18.4 Å². The zero-order chi connectivity index (χ0) is 18.4. The zero-order valence-corrected chi connectivity index (χ0v) is 16.0. The summed E-state index contributed by atoms with van der Waals surface area (Å²) in [6.07, 6.45) is 8.03. The Balaban J connectivity index is 1.41. The average Bonchev–Trinajstić information content (AvgIpc) is 3.11. The van der Waals surface area contributed by atoms with Crippen LogP contribution in [0, 0.1) is 12.8 Å². The first kappa shape index (κ1) is 16.7. The number of hydrogen-bond acceptors (Lipinski definition) is 6. The molecule has 27 heavy (non-hydrogen) atoms. The van der Waals surface area contributed by atoms with E-state index in [2.05, 4.69) is 24.8 Å². The van der Waals surface area contributed by atoms with Gasteiger partial charge >= 0.3 is 0 Å². The highest BCUT2D eigenvalue weighted by Gasteiger charge is 2.39. The van der Waals surface area contributed by atoms with Gasteiger partial charge in [0.25, 0.3) is 0 Å². The van der Waals surface area contributed by atoms with Crippen molar-refractivity contribution < 1.29 is 0 Å². The molecule has 2 fully saturated rings. The Morgan fingerprint density at radius 2 is 1.81 bits per heavy atom. The number of anilines is 2. The van der Waals surface area contributed by atoms with E-state index in [1.165, 1.54) is 6.42 Å². The van der Waals surface area contributed by atoms with Crippen LogP contribution in [-0.2, 0) is 0 Å². The number of halogens is 1. The van der Waals surface area contributed by atoms with Gasteiger partial charge in [0, 0.05) is 37.1 Å². The maximum absolute atomic E-state index is 6.06. The van der Waals surface area contributed by atoms with E-state index in [0.29, 0.717) is 17.0 Å². The summed E-state index contributed by atoms with van der Waals surface area (Å²) in [6, 6.07) is 6.07. The van der Waals surface area contributed by atoms with Crippen LogP contribution in [0.15, 0.2) is 36.8 Å². The van der Waals surface area contributed by atoms with Gasteiger partial charge in [-0.2, -0.15) is 0 Å². The molecule has 1 aromatic carbocycles. The molecule has 5 rings (SSSR count). The van der Waals surface area contributed by atoms with Gasteiger partial charge in [-0.05, 0) is 49.4 Å². The summed E-state index contributed by atoms with van der Waals surface area (Å²) in [5, 5.41) is 0.685. The molecule has 0 aliphatic carbocycles. The summed E-state index contributed by atoms with van der Waals surface area (Å²) in [5.41, 5.74) is 2.80. The highest BCUT2D eigenvalue weighted by molar-refractivity contribution is 6.31. The average molecular weight is 381 g/mol. The molecule has 0 spiro atoms. The zero-order valence-electron chi connectivity index (χ0n) is 15.2. The van der Waals surface area contributed by atoms with Crippen LogP contribution in [0.5, 0.6) is 0 Å². The number of aromatic nitrogens is 4. The third kappa shape index (κ3) is 3.08. The van der Waals surface area contributed by atoms with Crippen LogP contribution in [-0.4, -0.2) is 45.6 Å². The van der Waals surface area contributed by atoms with Gasteiger partial charge in [-0.25, -0.2) is 15.0 Å². The molecule has 3 aromatic rings. The lowest BCUT2D eigenvalue weighted by Crippen LogP contribution is -2.49. The van der Waals surface area contributed by atoms with E-state index in [4.69, 9.17) is 16.6 Å². The van der Waals surface area contributed by atoms with E-state index < -0.39 is 0 Å². The van der Waals surface area contributed by atoms with Crippen LogP contribution >= 0.6 is 11.6 Å².